The first-order chi connectivity index (χ1) is 15.4. The summed E-state index contributed by atoms with van der Waals surface area (Å²) >= 11 is 0. The average molecular weight is 422 g/mol. The van der Waals surface area contributed by atoms with Crippen LogP contribution in [0.25, 0.3) is 24.3 Å². The SMILES string of the molecule is N#Cc1ccc(/C=C\c2cccc(/C=C/c3ccc(C#N)cc3[N+](=O)[O-])c2)c([N+](=O)[O-])c1. The third-order valence-electron chi connectivity index (χ3n) is 4.53. The van der Waals surface area contributed by atoms with Gasteiger partial charge in [0.05, 0.1) is 44.2 Å². The molecule has 0 amide bonds. The minimum Gasteiger partial charge on any atom is -0.258 e. The molecule has 0 N–H and O–H groups in total. The van der Waals surface area contributed by atoms with Gasteiger partial charge in [0.25, 0.3) is 11.4 Å². The van der Waals surface area contributed by atoms with Crippen molar-refractivity contribution in [2.24, 2.45) is 0 Å². The second kappa shape index (κ2) is 9.61. The van der Waals surface area contributed by atoms with E-state index in [1.54, 1.807) is 30.4 Å². The van der Waals surface area contributed by atoms with E-state index < -0.39 is 9.85 Å². The quantitative estimate of drug-likeness (QED) is 0.289. The fourth-order valence-electron chi connectivity index (χ4n) is 2.96. The van der Waals surface area contributed by atoms with Gasteiger partial charge in [-0.15, -0.1) is 0 Å². The Bertz CT molecular complexity index is 1260. The van der Waals surface area contributed by atoms with Crippen LogP contribution in [0.3, 0.4) is 0 Å². The summed E-state index contributed by atoms with van der Waals surface area (Å²) in [6.45, 7) is 0. The minimum atomic E-state index is -0.538. The molecule has 3 aromatic carbocycles. The minimum absolute atomic E-state index is 0.163. The van der Waals surface area contributed by atoms with Crippen molar-refractivity contribution in [2.75, 3.05) is 0 Å². The summed E-state index contributed by atoms with van der Waals surface area (Å²) in [5.41, 5.74) is 2.34. The Morgan fingerprint density at radius 3 is 1.47 bits per heavy atom. The predicted molar refractivity (Wildman–Crippen MR) is 120 cm³/mol. The van der Waals surface area contributed by atoms with Crippen molar-refractivity contribution in [3.05, 3.63) is 114 Å². The summed E-state index contributed by atoms with van der Waals surface area (Å²) in [6, 6.07) is 19.5. The van der Waals surface area contributed by atoms with E-state index >= 15 is 0 Å². The van der Waals surface area contributed by atoms with Gasteiger partial charge < -0.3 is 0 Å². The van der Waals surface area contributed by atoms with E-state index in [9.17, 15) is 20.2 Å². The van der Waals surface area contributed by atoms with Gasteiger partial charge in [-0.1, -0.05) is 30.4 Å². The largest absolute Gasteiger partial charge is 0.277 e. The van der Waals surface area contributed by atoms with Crippen LogP contribution in [0.2, 0.25) is 0 Å². The first kappa shape index (κ1) is 21.6. The van der Waals surface area contributed by atoms with Gasteiger partial charge in [0, 0.05) is 12.1 Å². The number of rotatable bonds is 6. The van der Waals surface area contributed by atoms with Crippen LogP contribution in [-0.4, -0.2) is 9.85 Å². The second-order valence-electron chi connectivity index (χ2n) is 6.62. The van der Waals surface area contributed by atoms with E-state index in [0.29, 0.717) is 11.1 Å². The number of nitriles is 2. The summed E-state index contributed by atoms with van der Waals surface area (Å²) in [5.74, 6) is 0. The lowest BCUT2D eigenvalue weighted by Crippen LogP contribution is -1.92. The van der Waals surface area contributed by atoms with Crippen molar-refractivity contribution in [3.63, 3.8) is 0 Å². The second-order valence-corrected chi connectivity index (χ2v) is 6.62. The summed E-state index contributed by atoms with van der Waals surface area (Å²) in [7, 11) is 0. The van der Waals surface area contributed by atoms with Gasteiger partial charge in [-0.2, -0.15) is 10.5 Å². The molecule has 0 aromatic heterocycles. The van der Waals surface area contributed by atoms with Gasteiger partial charge in [0.15, 0.2) is 0 Å². The van der Waals surface area contributed by atoms with Gasteiger partial charge >= 0.3 is 0 Å². The smallest absolute Gasteiger partial charge is 0.258 e. The van der Waals surface area contributed by atoms with Gasteiger partial charge in [-0.05, 0) is 53.6 Å². The number of nitro groups is 2. The maximum atomic E-state index is 11.3. The number of nitro benzene ring substituents is 2. The molecule has 0 heterocycles. The first-order valence-electron chi connectivity index (χ1n) is 9.24. The number of hydrogen-bond donors (Lipinski definition) is 0. The van der Waals surface area contributed by atoms with Gasteiger partial charge in [0.1, 0.15) is 0 Å². The molecule has 0 unspecified atom stereocenters. The zero-order chi connectivity index (χ0) is 23.1. The van der Waals surface area contributed by atoms with Crippen LogP contribution in [0.5, 0.6) is 0 Å². The van der Waals surface area contributed by atoms with Gasteiger partial charge in [-0.25, -0.2) is 0 Å². The molecule has 0 bridgehead atoms. The Morgan fingerprint density at radius 1 is 0.656 bits per heavy atom. The van der Waals surface area contributed by atoms with Crippen LogP contribution in [0.15, 0.2) is 60.7 Å². The molecular formula is C24H14N4O4. The Hall–Kier alpha value is -5.08. The molecule has 32 heavy (non-hydrogen) atoms. The normalized spacial score (nSPS) is 10.7. The van der Waals surface area contributed by atoms with Crippen LogP contribution in [0.4, 0.5) is 11.4 Å². The van der Waals surface area contributed by atoms with Crippen LogP contribution in [0.1, 0.15) is 33.4 Å². The fourth-order valence-corrected chi connectivity index (χ4v) is 2.96. The van der Waals surface area contributed by atoms with Crippen molar-refractivity contribution in [2.45, 2.75) is 0 Å². The third kappa shape index (κ3) is 5.09. The maximum absolute atomic E-state index is 11.3. The van der Waals surface area contributed by atoms with E-state index in [-0.39, 0.29) is 22.5 Å². The summed E-state index contributed by atoms with van der Waals surface area (Å²) in [6.07, 6.45) is 6.59. The van der Waals surface area contributed by atoms with Crippen LogP contribution in [0, 0.1) is 42.9 Å². The standard InChI is InChI=1S/C24H14N4O4/c25-15-19-6-10-21(23(13-19)27(29)30)8-4-17-2-1-3-18(12-17)5-9-22-11-7-20(16-26)14-24(22)28(31)32/h1-14H/b8-4-,9-5+. The van der Waals surface area contributed by atoms with E-state index in [1.807, 2.05) is 30.3 Å². The van der Waals surface area contributed by atoms with E-state index in [2.05, 4.69) is 0 Å². The van der Waals surface area contributed by atoms with E-state index in [0.717, 1.165) is 11.1 Å². The Balaban J connectivity index is 1.88. The van der Waals surface area contributed by atoms with Crippen molar-refractivity contribution >= 4 is 35.7 Å². The number of benzene rings is 3. The first-order valence-corrected chi connectivity index (χ1v) is 9.24. The third-order valence-corrected chi connectivity index (χ3v) is 4.53. The highest BCUT2D eigenvalue weighted by molar-refractivity contribution is 5.78. The molecule has 8 nitrogen and oxygen atoms in total. The Morgan fingerprint density at radius 2 is 1.09 bits per heavy atom. The predicted octanol–water partition coefficient (Wildman–Crippen LogP) is 5.59. The molecule has 0 spiro atoms. The highest BCUT2D eigenvalue weighted by Crippen LogP contribution is 2.24. The summed E-state index contributed by atoms with van der Waals surface area (Å²) in [5, 5.41) is 40.4. The Kier molecular flexibility index (Phi) is 6.50. The molecule has 154 valence electrons. The summed E-state index contributed by atoms with van der Waals surface area (Å²) < 4.78 is 0. The van der Waals surface area contributed by atoms with Crippen molar-refractivity contribution in [3.8, 4) is 12.1 Å². The molecular weight excluding hydrogens is 408 g/mol. The fraction of sp³-hybridized carbons (Fsp3) is 0. The molecule has 0 fully saturated rings. The molecule has 3 rings (SSSR count). The average Bonchev–Trinajstić information content (AvgIpc) is 2.81. The lowest BCUT2D eigenvalue weighted by Gasteiger charge is -2.01. The molecule has 0 aliphatic carbocycles. The molecule has 0 radical (unpaired) electrons. The molecule has 3 aromatic rings. The lowest BCUT2D eigenvalue weighted by molar-refractivity contribution is -0.385. The number of nitrogens with zero attached hydrogens (tertiary/aromatic N) is 4. The topological polar surface area (TPSA) is 134 Å². The summed E-state index contributed by atoms with van der Waals surface area (Å²) in [4.78, 5) is 21.5. The maximum Gasteiger partial charge on any atom is 0.277 e. The van der Waals surface area contributed by atoms with E-state index in [1.165, 1.54) is 36.4 Å². The zero-order valence-electron chi connectivity index (χ0n) is 16.5. The van der Waals surface area contributed by atoms with Crippen molar-refractivity contribution in [1.82, 2.24) is 0 Å². The van der Waals surface area contributed by atoms with Crippen LogP contribution < -0.4 is 0 Å². The monoisotopic (exact) mass is 422 g/mol. The number of hydrogen-bond acceptors (Lipinski definition) is 6. The highest BCUT2D eigenvalue weighted by atomic mass is 16.6. The Labute approximate surface area is 182 Å². The van der Waals surface area contributed by atoms with Crippen LogP contribution in [-0.2, 0) is 0 Å². The van der Waals surface area contributed by atoms with Gasteiger partial charge in [0.2, 0.25) is 0 Å². The molecule has 0 atom stereocenters. The molecule has 0 saturated carbocycles. The van der Waals surface area contributed by atoms with Crippen molar-refractivity contribution in [1.29, 1.82) is 10.5 Å². The van der Waals surface area contributed by atoms with Crippen LogP contribution >= 0.6 is 0 Å². The zero-order valence-corrected chi connectivity index (χ0v) is 16.5. The lowest BCUT2D eigenvalue weighted by atomic mass is 10.0. The molecule has 8 heteroatoms. The molecule has 0 aliphatic heterocycles. The van der Waals surface area contributed by atoms with Crippen molar-refractivity contribution < 1.29 is 9.85 Å². The van der Waals surface area contributed by atoms with Gasteiger partial charge in [-0.3, -0.25) is 20.2 Å². The highest BCUT2D eigenvalue weighted by Gasteiger charge is 2.13. The molecule has 0 aliphatic rings. The molecule has 0 saturated heterocycles. The van der Waals surface area contributed by atoms with E-state index in [4.69, 9.17) is 10.5 Å².